The monoisotopic (exact) mass is 462 g/mol. The van der Waals surface area contributed by atoms with Gasteiger partial charge in [-0.25, -0.2) is 5.43 Å². The Morgan fingerprint density at radius 1 is 0.931 bits per heavy atom. The first-order chi connectivity index (χ1) is 14.2. The van der Waals surface area contributed by atoms with Crippen LogP contribution in [0.3, 0.4) is 0 Å². The number of fused-ring (bicyclic) bond motifs is 2. The molecule has 0 unspecified atom stereocenters. The summed E-state index contributed by atoms with van der Waals surface area (Å²) in [6, 6.07) is 26.7. The van der Waals surface area contributed by atoms with Crippen LogP contribution in [0.2, 0.25) is 0 Å². The van der Waals surface area contributed by atoms with E-state index in [0.29, 0.717) is 5.75 Å². The van der Waals surface area contributed by atoms with Crippen LogP contribution in [0.1, 0.15) is 11.1 Å². The lowest BCUT2D eigenvalue weighted by Gasteiger charge is -2.08. The quantitative estimate of drug-likeness (QED) is 0.212. The second-order valence-corrected chi connectivity index (χ2v) is 8.55. The standard InChI is InChI=1S/C24H19BrN2OS/c25-20-9-5-6-17(12-20)15-29-16-24(28)27-26-14-23-21-10-3-1-7-18(21)13-19-8-2-4-11-22(19)23/h1-14H,15-16H2,(H,27,28)/b26-14-. The number of amides is 1. The smallest absolute Gasteiger partial charge is 0.250 e. The molecular formula is C24H19BrN2OS. The van der Waals surface area contributed by atoms with Gasteiger partial charge in [-0.2, -0.15) is 5.10 Å². The topological polar surface area (TPSA) is 41.5 Å². The molecular weight excluding hydrogens is 444 g/mol. The van der Waals surface area contributed by atoms with E-state index >= 15 is 0 Å². The largest absolute Gasteiger partial charge is 0.272 e. The molecule has 0 heterocycles. The highest BCUT2D eigenvalue weighted by molar-refractivity contribution is 9.10. The summed E-state index contributed by atoms with van der Waals surface area (Å²) in [5, 5.41) is 8.79. The zero-order valence-electron chi connectivity index (χ0n) is 15.6. The number of halogens is 1. The molecule has 5 heteroatoms. The van der Waals surface area contributed by atoms with E-state index in [4.69, 9.17) is 0 Å². The number of hydrazone groups is 1. The van der Waals surface area contributed by atoms with E-state index in [2.05, 4.69) is 68.9 Å². The first kappa shape index (κ1) is 19.7. The predicted molar refractivity (Wildman–Crippen MR) is 127 cm³/mol. The van der Waals surface area contributed by atoms with Crippen LogP contribution < -0.4 is 5.43 Å². The van der Waals surface area contributed by atoms with Crippen LogP contribution in [0.5, 0.6) is 0 Å². The highest BCUT2D eigenvalue weighted by Crippen LogP contribution is 2.27. The fourth-order valence-corrected chi connectivity index (χ4v) is 4.49. The molecule has 3 nitrogen and oxygen atoms in total. The molecule has 1 amide bonds. The number of nitrogens with zero attached hydrogens (tertiary/aromatic N) is 1. The van der Waals surface area contributed by atoms with Gasteiger partial charge in [0.15, 0.2) is 0 Å². The fourth-order valence-electron chi connectivity index (χ4n) is 3.28. The minimum absolute atomic E-state index is 0.106. The maximum absolute atomic E-state index is 12.2. The summed E-state index contributed by atoms with van der Waals surface area (Å²) >= 11 is 5.03. The van der Waals surface area contributed by atoms with Crippen LogP contribution in [0.15, 0.2) is 88.4 Å². The fraction of sp³-hybridized carbons (Fsp3) is 0.0833. The van der Waals surface area contributed by atoms with Crippen LogP contribution in [-0.2, 0) is 10.5 Å². The van der Waals surface area contributed by atoms with Gasteiger partial charge in [-0.3, -0.25) is 4.79 Å². The molecule has 0 fully saturated rings. The van der Waals surface area contributed by atoms with Crippen molar-refractivity contribution in [3.05, 3.63) is 94.5 Å². The molecule has 0 spiro atoms. The van der Waals surface area contributed by atoms with Gasteiger partial charge in [0.1, 0.15) is 0 Å². The van der Waals surface area contributed by atoms with Crippen LogP contribution in [0.25, 0.3) is 21.5 Å². The number of thioether (sulfide) groups is 1. The molecule has 0 aliphatic carbocycles. The molecule has 0 aliphatic rings. The summed E-state index contributed by atoms with van der Waals surface area (Å²) in [5.74, 6) is 1.04. The predicted octanol–water partition coefficient (Wildman–Crippen LogP) is 6.14. The lowest BCUT2D eigenvalue weighted by Crippen LogP contribution is -2.19. The Hall–Kier alpha value is -2.63. The van der Waals surface area contributed by atoms with E-state index in [1.165, 1.54) is 5.56 Å². The number of carbonyl (C=O) groups is 1. The average molecular weight is 463 g/mol. The van der Waals surface area contributed by atoms with E-state index in [1.807, 2.05) is 36.4 Å². The molecule has 1 N–H and O–H groups in total. The Balaban J connectivity index is 1.44. The van der Waals surface area contributed by atoms with Gasteiger partial charge in [0.2, 0.25) is 5.91 Å². The highest BCUT2D eigenvalue weighted by Gasteiger charge is 2.06. The lowest BCUT2D eigenvalue weighted by molar-refractivity contribution is -0.118. The normalized spacial score (nSPS) is 11.3. The maximum Gasteiger partial charge on any atom is 0.250 e. The number of hydrogen-bond acceptors (Lipinski definition) is 3. The zero-order chi connectivity index (χ0) is 20.1. The van der Waals surface area contributed by atoms with Gasteiger partial charge < -0.3 is 0 Å². The van der Waals surface area contributed by atoms with Crippen molar-refractivity contribution >= 4 is 61.4 Å². The Morgan fingerprint density at radius 2 is 1.62 bits per heavy atom. The maximum atomic E-state index is 12.2. The van der Waals surface area contributed by atoms with Crippen LogP contribution in [0.4, 0.5) is 0 Å². The molecule has 4 aromatic rings. The Morgan fingerprint density at radius 3 is 2.31 bits per heavy atom. The molecule has 144 valence electrons. The Labute approximate surface area is 182 Å². The number of benzene rings is 4. The van der Waals surface area contributed by atoms with E-state index in [1.54, 1.807) is 18.0 Å². The molecule has 0 aromatic heterocycles. The first-order valence-electron chi connectivity index (χ1n) is 9.25. The molecule has 0 aliphatic heterocycles. The van der Waals surface area contributed by atoms with Gasteiger partial charge in [-0.1, -0.05) is 76.6 Å². The van der Waals surface area contributed by atoms with Crippen molar-refractivity contribution in [3.8, 4) is 0 Å². The Bertz CT molecular complexity index is 1150. The van der Waals surface area contributed by atoms with Crippen molar-refractivity contribution in [2.45, 2.75) is 5.75 Å². The van der Waals surface area contributed by atoms with Gasteiger partial charge in [0, 0.05) is 15.8 Å². The minimum Gasteiger partial charge on any atom is -0.272 e. The molecule has 0 radical (unpaired) electrons. The second kappa shape index (κ2) is 9.25. The van der Waals surface area contributed by atoms with E-state index in [-0.39, 0.29) is 5.91 Å². The van der Waals surface area contributed by atoms with Crippen molar-refractivity contribution in [3.63, 3.8) is 0 Å². The molecule has 0 atom stereocenters. The minimum atomic E-state index is -0.106. The van der Waals surface area contributed by atoms with Gasteiger partial charge in [0.05, 0.1) is 12.0 Å². The average Bonchev–Trinajstić information content (AvgIpc) is 2.73. The third kappa shape index (κ3) is 4.86. The van der Waals surface area contributed by atoms with Crippen LogP contribution >= 0.6 is 27.7 Å². The lowest BCUT2D eigenvalue weighted by atomic mass is 9.97. The van der Waals surface area contributed by atoms with Crippen molar-refractivity contribution in [2.75, 3.05) is 5.75 Å². The second-order valence-electron chi connectivity index (χ2n) is 6.65. The zero-order valence-corrected chi connectivity index (χ0v) is 18.0. The number of hydrogen-bond donors (Lipinski definition) is 1. The third-order valence-electron chi connectivity index (χ3n) is 4.59. The summed E-state index contributed by atoms with van der Waals surface area (Å²) < 4.78 is 1.05. The van der Waals surface area contributed by atoms with Crippen molar-refractivity contribution < 1.29 is 4.79 Å². The number of nitrogens with one attached hydrogen (secondary N) is 1. The van der Waals surface area contributed by atoms with Crippen LogP contribution in [-0.4, -0.2) is 17.9 Å². The number of rotatable bonds is 6. The molecule has 0 bridgehead atoms. The third-order valence-corrected chi connectivity index (χ3v) is 6.08. The van der Waals surface area contributed by atoms with Gasteiger partial charge in [-0.05, 0) is 45.3 Å². The van der Waals surface area contributed by atoms with E-state index in [9.17, 15) is 4.79 Å². The summed E-state index contributed by atoms with van der Waals surface area (Å²) in [6.45, 7) is 0. The summed E-state index contributed by atoms with van der Waals surface area (Å²) in [7, 11) is 0. The first-order valence-corrected chi connectivity index (χ1v) is 11.2. The molecule has 0 saturated heterocycles. The summed E-state index contributed by atoms with van der Waals surface area (Å²) in [4.78, 5) is 12.2. The molecule has 4 aromatic carbocycles. The summed E-state index contributed by atoms with van der Waals surface area (Å²) in [5.41, 5.74) is 4.86. The molecule has 0 saturated carbocycles. The number of carbonyl (C=O) groups excluding carboxylic acids is 1. The Kier molecular flexibility index (Phi) is 6.27. The highest BCUT2D eigenvalue weighted by atomic mass is 79.9. The van der Waals surface area contributed by atoms with Crippen molar-refractivity contribution in [1.82, 2.24) is 5.43 Å². The molecule has 29 heavy (non-hydrogen) atoms. The van der Waals surface area contributed by atoms with Crippen molar-refractivity contribution in [2.24, 2.45) is 5.10 Å². The van der Waals surface area contributed by atoms with Gasteiger partial charge >= 0.3 is 0 Å². The summed E-state index contributed by atoms with van der Waals surface area (Å²) in [6.07, 6.45) is 1.75. The van der Waals surface area contributed by atoms with Crippen LogP contribution in [0, 0.1) is 0 Å². The van der Waals surface area contributed by atoms with E-state index in [0.717, 1.165) is 37.3 Å². The van der Waals surface area contributed by atoms with Crippen molar-refractivity contribution in [1.29, 1.82) is 0 Å². The van der Waals surface area contributed by atoms with Gasteiger partial charge in [-0.15, -0.1) is 11.8 Å². The SMILES string of the molecule is O=C(CSCc1cccc(Br)c1)N/N=C\c1c2ccccc2cc2ccccc12. The van der Waals surface area contributed by atoms with E-state index < -0.39 is 0 Å². The molecule has 4 rings (SSSR count). The van der Waals surface area contributed by atoms with Gasteiger partial charge in [0.25, 0.3) is 0 Å².